The number of likely N-dealkylation sites (N-methyl/N-ethyl adjacent to an activating group) is 1. The fourth-order valence-electron chi connectivity index (χ4n) is 4.09. The average Bonchev–Trinajstić information content (AvgIpc) is 3.01. The van der Waals surface area contributed by atoms with Gasteiger partial charge in [0.15, 0.2) is 9.84 Å². The number of carbonyl (C=O) groups is 2. The molecule has 6 nitrogen and oxygen atoms in total. The fourth-order valence-corrected chi connectivity index (χ4v) is 6.08. The molecule has 3 rings (SSSR count). The third-order valence-corrected chi connectivity index (χ3v) is 7.32. The molecule has 1 atom stereocenters. The number of amides is 2. The number of benzene rings is 1. The molecule has 2 heterocycles. The van der Waals surface area contributed by atoms with Crippen molar-refractivity contribution in [2.75, 3.05) is 30.0 Å². The van der Waals surface area contributed by atoms with E-state index in [-0.39, 0.29) is 23.3 Å². The topological polar surface area (TPSA) is 74.8 Å². The minimum absolute atomic E-state index is 0.0698. The Morgan fingerprint density at radius 1 is 1.19 bits per heavy atom. The van der Waals surface area contributed by atoms with Crippen molar-refractivity contribution in [1.82, 2.24) is 4.90 Å². The van der Waals surface area contributed by atoms with Crippen molar-refractivity contribution in [1.29, 1.82) is 0 Å². The summed E-state index contributed by atoms with van der Waals surface area (Å²) in [5.41, 5.74) is 0.628. The predicted molar refractivity (Wildman–Crippen MR) is 101 cm³/mol. The molecule has 2 aliphatic heterocycles. The molecule has 2 aliphatic rings. The smallest absolute Gasteiger partial charge is 0.254 e. The number of hydrogen-bond acceptors (Lipinski definition) is 4. The van der Waals surface area contributed by atoms with Crippen molar-refractivity contribution < 1.29 is 18.0 Å². The van der Waals surface area contributed by atoms with Gasteiger partial charge in [0, 0.05) is 24.8 Å². The van der Waals surface area contributed by atoms with Crippen LogP contribution in [0.3, 0.4) is 0 Å². The van der Waals surface area contributed by atoms with E-state index in [0.717, 1.165) is 19.3 Å². The highest BCUT2D eigenvalue weighted by Gasteiger charge is 2.48. The van der Waals surface area contributed by atoms with Crippen LogP contribution in [0, 0.1) is 0 Å². The van der Waals surface area contributed by atoms with E-state index in [1.54, 1.807) is 36.2 Å². The summed E-state index contributed by atoms with van der Waals surface area (Å²) in [6.07, 6.45) is 4.16. The summed E-state index contributed by atoms with van der Waals surface area (Å²) in [7, 11) is -1.46. The van der Waals surface area contributed by atoms with Gasteiger partial charge >= 0.3 is 0 Å². The summed E-state index contributed by atoms with van der Waals surface area (Å²) >= 11 is 0. The third-order valence-electron chi connectivity index (χ3n) is 5.43. The number of hydrogen-bond donors (Lipinski definition) is 0. The molecular formula is C19H24N2O4S. The Morgan fingerprint density at radius 3 is 2.46 bits per heavy atom. The zero-order valence-corrected chi connectivity index (χ0v) is 15.8. The van der Waals surface area contributed by atoms with E-state index in [4.69, 9.17) is 0 Å². The molecule has 1 aromatic carbocycles. The number of anilines is 1. The highest BCUT2D eigenvalue weighted by Crippen LogP contribution is 2.39. The molecule has 140 valence electrons. The van der Waals surface area contributed by atoms with Crippen molar-refractivity contribution in [3.8, 4) is 0 Å². The van der Waals surface area contributed by atoms with Crippen LogP contribution >= 0.6 is 0 Å². The van der Waals surface area contributed by atoms with Crippen LogP contribution < -0.4 is 4.90 Å². The minimum Gasteiger partial charge on any atom is -0.332 e. The molecule has 1 unspecified atom stereocenters. The fraction of sp³-hybridized carbons (Fsp3) is 0.474. The van der Waals surface area contributed by atoms with Crippen LogP contribution in [0.2, 0.25) is 0 Å². The van der Waals surface area contributed by atoms with Crippen LogP contribution in [0.15, 0.2) is 36.9 Å². The van der Waals surface area contributed by atoms with E-state index in [9.17, 15) is 18.0 Å². The van der Waals surface area contributed by atoms with Gasteiger partial charge in [0.05, 0.1) is 17.0 Å². The van der Waals surface area contributed by atoms with E-state index in [1.165, 1.54) is 11.0 Å². The van der Waals surface area contributed by atoms with Gasteiger partial charge in [-0.1, -0.05) is 6.58 Å². The summed E-state index contributed by atoms with van der Waals surface area (Å²) in [6.45, 7) is 4.05. The number of sulfone groups is 1. The molecule has 0 aromatic heterocycles. The summed E-state index contributed by atoms with van der Waals surface area (Å²) in [5, 5.41) is 0. The molecule has 0 saturated carbocycles. The largest absolute Gasteiger partial charge is 0.332 e. The Bertz CT molecular complexity index is 832. The quantitative estimate of drug-likeness (QED) is 0.757. The lowest BCUT2D eigenvalue weighted by Crippen LogP contribution is -2.54. The Morgan fingerprint density at radius 2 is 1.85 bits per heavy atom. The number of rotatable bonds is 3. The van der Waals surface area contributed by atoms with Gasteiger partial charge in [-0.25, -0.2) is 8.42 Å². The minimum atomic E-state index is -3.10. The zero-order chi connectivity index (χ0) is 18.9. The first kappa shape index (κ1) is 18.6. The molecule has 2 fully saturated rings. The van der Waals surface area contributed by atoms with Gasteiger partial charge in [-0.15, -0.1) is 0 Å². The first-order valence-corrected chi connectivity index (χ1v) is 10.6. The standard InChI is InChI=1S/C19H24N2O4S/c1-3-17(22)20(2)16-8-6-15(7-9-16)18(23)21-12-4-10-19(21)11-5-13-26(24,25)14-19/h3,6-9H,1,4-5,10-14H2,2H3. The molecule has 0 bridgehead atoms. The van der Waals surface area contributed by atoms with Gasteiger partial charge in [0.1, 0.15) is 0 Å². The Balaban J connectivity index is 1.82. The molecule has 1 aromatic rings. The maximum absolute atomic E-state index is 13.0. The van der Waals surface area contributed by atoms with Gasteiger partial charge in [0.2, 0.25) is 5.91 Å². The van der Waals surface area contributed by atoms with E-state index in [1.807, 2.05) is 0 Å². The molecule has 0 aliphatic carbocycles. The monoisotopic (exact) mass is 376 g/mol. The summed E-state index contributed by atoms with van der Waals surface area (Å²) < 4.78 is 24.3. The SMILES string of the molecule is C=CC(=O)N(C)c1ccc(C(=O)N2CCCC23CCCS(=O)(=O)C3)cc1. The first-order valence-electron chi connectivity index (χ1n) is 8.81. The second-order valence-electron chi connectivity index (χ2n) is 7.13. The summed E-state index contributed by atoms with van der Waals surface area (Å²) in [5.74, 6) is -0.0749. The second-order valence-corrected chi connectivity index (χ2v) is 9.31. The molecule has 0 N–H and O–H groups in total. The third kappa shape index (κ3) is 3.40. The lowest BCUT2D eigenvalue weighted by molar-refractivity contribution is -0.113. The van der Waals surface area contributed by atoms with E-state index in [2.05, 4.69) is 6.58 Å². The second kappa shape index (κ2) is 6.87. The van der Waals surface area contributed by atoms with Gasteiger partial charge in [-0.2, -0.15) is 0 Å². The van der Waals surface area contributed by atoms with Gasteiger partial charge in [-0.05, 0) is 56.0 Å². The first-order chi connectivity index (χ1) is 12.3. The number of likely N-dealkylation sites (tertiary alicyclic amines) is 1. The molecule has 26 heavy (non-hydrogen) atoms. The maximum atomic E-state index is 13.0. The van der Waals surface area contributed by atoms with Crippen LogP contribution in [0.1, 0.15) is 36.0 Å². The number of carbonyl (C=O) groups excluding carboxylic acids is 2. The summed E-state index contributed by atoms with van der Waals surface area (Å²) in [4.78, 5) is 27.9. The molecule has 1 spiro atoms. The number of nitrogens with zero attached hydrogens (tertiary/aromatic N) is 2. The van der Waals surface area contributed by atoms with Crippen molar-refractivity contribution in [3.63, 3.8) is 0 Å². The summed E-state index contributed by atoms with van der Waals surface area (Å²) in [6, 6.07) is 6.81. The Labute approximate surface area is 154 Å². The van der Waals surface area contributed by atoms with Crippen molar-refractivity contribution in [2.24, 2.45) is 0 Å². The molecule has 7 heteroatoms. The van der Waals surface area contributed by atoms with Crippen molar-refractivity contribution >= 4 is 27.3 Å². The van der Waals surface area contributed by atoms with Gasteiger partial charge in [-0.3, -0.25) is 9.59 Å². The van der Waals surface area contributed by atoms with Crippen molar-refractivity contribution in [2.45, 2.75) is 31.2 Å². The van der Waals surface area contributed by atoms with Crippen LogP contribution in [-0.2, 0) is 14.6 Å². The van der Waals surface area contributed by atoms with E-state index < -0.39 is 15.4 Å². The normalized spacial score (nSPS) is 24.4. The van der Waals surface area contributed by atoms with Crippen LogP contribution in [0.25, 0.3) is 0 Å². The van der Waals surface area contributed by atoms with Crippen molar-refractivity contribution in [3.05, 3.63) is 42.5 Å². The lowest BCUT2D eigenvalue weighted by Gasteiger charge is -2.41. The Kier molecular flexibility index (Phi) is 4.92. The molecular weight excluding hydrogens is 352 g/mol. The predicted octanol–water partition coefficient (Wildman–Crippen LogP) is 2.02. The highest BCUT2D eigenvalue weighted by molar-refractivity contribution is 7.91. The lowest BCUT2D eigenvalue weighted by atomic mass is 9.92. The van der Waals surface area contributed by atoms with E-state index in [0.29, 0.717) is 24.2 Å². The molecule has 2 saturated heterocycles. The van der Waals surface area contributed by atoms with Crippen LogP contribution in [0.4, 0.5) is 5.69 Å². The molecule has 2 amide bonds. The molecule has 0 radical (unpaired) electrons. The van der Waals surface area contributed by atoms with Gasteiger partial charge in [0.25, 0.3) is 5.91 Å². The van der Waals surface area contributed by atoms with Crippen LogP contribution in [-0.4, -0.2) is 55.8 Å². The van der Waals surface area contributed by atoms with Crippen LogP contribution in [0.5, 0.6) is 0 Å². The van der Waals surface area contributed by atoms with Gasteiger partial charge < -0.3 is 9.80 Å². The highest BCUT2D eigenvalue weighted by atomic mass is 32.2. The Hall–Kier alpha value is -2.15. The average molecular weight is 376 g/mol. The maximum Gasteiger partial charge on any atom is 0.254 e. The van der Waals surface area contributed by atoms with E-state index >= 15 is 0 Å². The zero-order valence-electron chi connectivity index (χ0n) is 15.0.